The van der Waals surface area contributed by atoms with Crippen molar-refractivity contribution in [2.45, 2.75) is 19.1 Å². The van der Waals surface area contributed by atoms with Crippen LogP contribution in [0.2, 0.25) is 0 Å². The second-order valence-electron chi connectivity index (χ2n) is 5.83. The van der Waals surface area contributed by atoms with Crippen LogP contribution < -0.4 is 10.6 Å². The minimum Gasteiger partial charge on any atom is -0.317 e. The summed E-state index contributed by atoms with van der Waals surface area (Å²) < 4.78 is 38.8. The Balaban J connectivity index is 1.69. The fourth-order valence-electron chi connectivity index (χ4n) is 2.55. The number of fused-ring (bicyclic) bond motifs is 1. The van der Waals surface area contributed by atoms with E-state index in [0.717, 1.165) is 35.7 Å². The van der Waals surface area contributed by atoms with Gasteiger partial charge in [-0.15, -0.1) is 11.3 Å². The molecule has 1 aromatic heterocycles. The van der Waals surface area contributed by atoms with E-state index in [1.807, 2.05) is 12.4 Å². The number of amides is 2. The van der Waals surface area contributed by atoms with Crippen LogP contribution >= 0.6 is 11.3 Å². The van der Waals surface area contributed by atoms with Crippen LogP contribution in [0.1, 0.15) is 16.1 Å². The van der Waals surface area contributed by atoms with Crippen molar-refractivity contribution in [2.24, 2.45) is 0 Å². The number of likely N-dealkylation sites (N-methyl/N-ethyl adjacent to an activating group) is 1. The van der Waals surface area contributed by atoms with Gasteiger partial charge in [0.25, 0.3) is 0 Å². The molecule has 0 radical (unpaired) electrons. The first-order valence-corrected chi connectivity index (χ1v) is 8.51. The number of nitrogens with zero attached hydrogens (tertiary/aromatic N) is 2. The molecule has 2 N–H and O–H groups in total. The highest BCUT2D eigenvalue weighted by Gasteiger charge is 2.34. The molecule has 0 spiro atoms. The van der Waals surface area contributed by atoms with E-state index in [1.165, 1.54) is 23.5 Å². The molecule has 2 aromatic rings. The highest BCUT2D eigenvalue weighted by Crippen LogP contribution is 2.34. The maximum absolute atomic E-state index is 12.9. The Kier molecular flexibility index (Phi) is 4.97. The zero-order valence-electron chi connectivity index (χ0n) is 13.7. The average molecular weight is 384 g/mol. The molecule has 0 fully saturated rings. The number of alkyl halides is 3. The summed E-state index contributed by atoms with van der Waals surface area (Å²) in [5.74, 6) is -2.26. The molecule has 0 aliphatic carbocycles. The Bertz CT molecular complexity index is 850. The summed E-state index contributed by atoms with van der Waals surface area (Å²) in [5.41, 5.74) is -0.625. The van der Waals surface area contributed by atoms with E-state index in [2.05, 4.69) is 15.2 Å². The molecule has 0 unspecified atom stereocenters. The van der Waals surface area contributed by atoms with Gasteiger partial charge in [-0.3, -0.25) is 14.9 Å². The normalized spacial score (nSPS) is 14.6. The van der Waals surface area contributed by atoms with Crippen molar-refractivity contribution >= 4 is 34.0 Å². The fraction of sp³-hybridized carbons (Fsp3) is 0.312. The monoisotopic (exact) mass is 384 g/mol. The van der Waals surface area contributed by atoms with E-state index in [0.29, 0.717) is 6.54 Å². The highest BCUT2D eigenvalue weighted by atomic mass is 32.1. The molecular formula is C16H15F3N4O2S. The number of rotatable bonds is 2. The Morgan fingerprint density at radius 1 is 1.19 bits per heavy atom. The molecule has 0 bridgehead atoms. The first-order chi connectivity index (χ1) is 12.2. The van der Waals surface area contributed by atoms with Crippen LogP contribution in [0.3, 0.4) is 0 Å². The van der Waals surface area contributed by atoms with Gasteiger partial charge in [0.05, 0.1) is 16.9 Å². The van der Waals surface area contributed by atoms with Gasteiger partial charge in [0.1, 0.15) is 0 Å². The van der Waals surface area contributed by atoms with Crippen molar-refractivity contribution in [2.75, 3.05) is 24.2 Å². The molecular weight excluding hydrogens is 369 g/mol. The van der Waals surface area contributed by atoms with Gasteiger partial charge in [-0.1, -0.05) is 12.1 Å². The first-order valence-electron chi connectivity index (χ1n) is 7.69. The Hall–Kier alpha value is -2.46. The number of halogens is 3. The molecule has 0 saturated heterocycles. The van der Waals surface area contributed by atoms with E-state index in [1.54, 1.807) is 0 Å². The Morgan fingerprint density at radius 2 is 1.88 bits per heavy atom. The lowest BCUT2D eigenvalue weighted by Crippen LogP contribution is -2.30. The molecule has 2 amide bonds. The Labute approximate surface area is 151 Å². The number of anilines is 2. The van der Waals surface area contributed by atoms with Crippen LogP contribution in [-0.4, -0.2) is 35.3 Å². The zero-order chi connectivity index (χ0) is 18.9. The molecule has 10 heteroatoms. The second-order valence-corrected chi connectivity index (χ2v) is 6.91. The van der Waals surface area contributed by atoms with Crippen LogP contribution in [0.4, 0.5) is 24.0 Å². The number of nitrogens with one attached hydrogen (secondary N) is 2. The van der Waals surface area contributed by atoms with Gasteiger partial charge in [-0.05, 0) is 19.2 Å². The maximum atomic E-state index is 12.9. The highest BCUT2D eigenvalue weighted by molar-refractivity contribution is 7.16. The van der Waals surface area contributed by atoms with E-state index >= 15 is 0 Å². The van der Waals surface area contributed by atoms with E-state index < -0.39 is 29.2 Å². The van der Waals surface area contributed by atoms with Crippen molar-refractivity contribution in [3.63, 3.8) is 0 Å². The minimum absolute atomic E-state index is 0.259. The fourth-order valence-corrected chi connectivity index (χ4v) is 3.63. The lowest BCUT2D eigenvalue weighted by Gasteiger charge is -2.20. The van der Waals surface area contributed by atoms with Crippen LogP contribution in [0.5, 0.6) is 0 Å². The topological polar surface area (TPSA) is 74.3 Å². The number of carbonyl (C=O) groups is 2. The molecule has 1 aliphatic heterocycles. The molecule has 2 heterocycles. The number of carbonyl (C=O) groups excluding carboxylic acids is 2. The van der Waals surface area contributed by atoms with Crippen LogP contribution in [0.15, 0.2) is 24.3 Å². The third-order valence-electron chi connectivity index (χ3n) is 3.83. The van der Waals surface area contributed by atoms with Gasteiger partial charge in [0.2, 0.25) is 0 Å². The summed E-state index contributed by atoms with van der Waals surface area (Å²) in [6.45, 7) is 1.55. The first kappa shape index (κ1) is 18.3. The maximum Gasteiger partial charge on any atom is 0.418 e. The quantitative estimate of drug-likeness (QED) is 0.781. The predicted molar refractivity (Wildman–Crippen MR) is 90.9 cm³/mol. The summed E-state index contributed by atoms with van der Waals surface area (Å²) >= 11 is 1.25. The van der Waals surface area contributed by atoms with E-state index in [-0.39, 0.29) is 5.13 Å². The van der Waals surface area contributed by atoms with E-state index in [4.69, 9.17) is 0 Å². The van der Waals surface area contributed by atoms with Crippen LogP contribution in [-0.2, 0) is 28.7 Å². The number of thiazole rings is 1. The number of aromatic nitrogens is 1. The molecule has 6 nitrogen and oxygen atoms in total. The largest absolute Gasteiger partial charge is 0.418 e. The number of benzene rings is 1. The summed E-state index contributed by atoms with van der Waals surface area (Å²) in [6, 6.07) is 4.47. The smallest absolute Gasteiger partial charge is 0.317 e. The van der Waals surface area contributed by atoms with Gasteiger partial charge in [0.15, 0.2) is 5.13 Å². The molecule has 26 heavy (non-hydrogen) atoms. The van der Waals surface area contributed by atoms with Crippen molar-refractivity contribution in [3.8, 4) is 0 Å². The summed E-state index contributed by atoms with van der Waals surface area (Å²) in [7, 11) is 1.96. The molecule has 3 rings (SSSR count). The molecule has 0 atom stereocenters. The third kappa shape index (κ3) is 4.02. The lowest BCUT2D eigenvalue weighted by molar-refractivity contribution is -0.137. The van der Waals surface area contributed by atoms with Crippen LogP contribution in [0, 0.1) is 0 Å². The Morgan fingerprint density at radius 3 is 2.62 bits per heavy atom. The third-order valence-corrected chi connectivity index (χ3v) is 4.83. The van der Waals surface area contributed by atoms with Crippen LogP contribution in [0.25, 0.3) is 0 Å². The van der Waals surface area contributed by atoms with Gasteiger partial charge in [-0.2, -0.15) is 13.2 Å². The van der Waals surface area contributed by atoms with Gasteiger partial charge >= 0.3 is 18.0 Å². The predicted octanol–water partition coefficient (Wildman–Crippen LogP) is 2.73. The lowest BCUT2D eigenvalue weighted by atomic mass is 10.1. The number of para-hydroxylation sites is 1. The standard InChI is InChI=1S/C16H15F3N4O2S/c1-23-7-6-11-12(8-23)26-15(21-11)22-14(25)13(24)20-10-5-3-2-4-9(10)16(17,18)19/h2-5H,6-8H2,1H3,(H,20,24)(H,21,22,25). The zero-order valence-corrected chi connectivity index (χ0v) is 14.5. The van der Waals surface area contributed by atoms with Crippen molar-refractivity contribution in [3.05, 3.63) is 40.4 Å². The van der Waals surface area contributed by atoms with Crippen molar-refractivity contribution in [1.29, 1.82) is 0 Å². The van der Waals surface area contributed by atoms with Gasteiger partial charge < -0.3 is 10.2 Å². The van der Waals surface area contributed by atoms with Gasteiger partial charge in [0, 0.05) is 24.4 Å². The molecule has 1 aliphatic rings. The molecule has 138 valence electrons. The minimum atomic E-state index is -4.64. The van der Waals surface area contributed by atoms with E-state index in [9.17, 15) is 22.8 Å². The molecule has 0 saturated carbocycles. The molecule has 1 aromatic carbocycles. The van der Waals surface area contributed by atoms with Gasteiger partial charge in [-0.25, -0.2) is 4.98 Å². The number of hydrogen-bond donors (Lipinski definition) is 2. The summed E-state index contributed by atoms with van der Waals surface area (Å²) in [4.78, 5) is 31.3. The summed E-state index contributed by atoms with van der Waals surface area (Å²) in [6.07, 6.45) is -3.90. The van der Waals surface area contributed by atoms with Crippen molar-refractivity contribution < 1.29 is 22.8 Å². The summed E-state index contributed by atoms with van der Waals surface area (Å²) in [5, 5.41) is 4.61. The number of hydrogen-bond acceptors (Lipinski definition) is 5. The second kappa shape index (κ2) is 7.04. The SMILES string of the molecule is CN1CCc2nc(NC(=O)C(=O)Nc3ccccc3C(F)(F)F)sc2C1. The average Bonchev–Trinajstić information content (AvgIpc) is 2.95. The van der Waals surface area contributed by atoms with Crippen molar-refractivity contribution in [1.82, 2.24) is 9.88 Å².